The predicted molar refractivity (Wildman–Crippen MR) is 104 cm³/mol. The number of aryl methyl sites for hydroxylation is 1. The van der Waals surface area contributed by atoms with Gasteiger partial charge in [0.05, 0.1) is 24.2 Å². The molecule has 28 heavy (non-hydrogen) atoms. The minimum Gasteiger partial charge on any atom is -0.354 e. The molecule has 2 aromatic rings. The Labute approximate surface area is 172 Å². The maximum atomic E-state index is 11.2. The summed E-state index contributed by atoms with van der Waals surface area (Å²) in [7, 11) is 0. The van der Waals surface area contributed by atoms with Crippen molar-refractivity contribution in [3.05, 3.63) is 23.6 Å². The van der Waals surface area contributed by atoms with Gasteiger partial charge < -0.3 is 15.0 Å². The highest BCUT2D eigenvalue weighted by atomic mass is 35.5. The summed E-state index contributed by atoms with van der Waals surface area (Å²) < 4.78 is 23.1. The van der Waals surface area contributed by atoms with Crippen molar-refractivity contribution < 1.29 is 8.91 Å². The van der Waals surface area contributed by atoms with Crippen LogP contribution in [0.2, 0.25) is 5.02 Å². The van der Waals surface area contributed by atoms with Gasteiger partial charge >= 0.3 is 0 Å². The maximum Gasteiger partial charge on any atom is 0.229 e. The number of halogens is 1. The van der Waals surface area contributed by atoms with Gasteiger partial charge in [0.2, 0.25) is 5.95 Å². The summed E-state index contributed by atoms with van der Waals surface area (Å²) in [6.45, 7) is 2.46. The molecule has 2 aliphatic rings. The summed E-state index contributed by atoms with van der Waals surface area (Å²) in [5.74, 6) is 1.12. The highest BCUT2D eigenvalue weighted by molar-refractivity contribution is 6.32. The topological polar surface area (TPSA) is 103 Å². The Bertz CT molecular complexity index is 1040. The van der Waals surface area contributed by atoms with Crippen LogP contribution >= 0.6 is 11.6 Å². The van der Waals surface area contributed by atoms with Crippen molar-refractivity contribution in [2.24, 2.45) is 18.3 Å². The lowest BCUT2D eigenvalue weighted by Crippen LogP contribution is -2.38. The Hall–Kier alpha value is -2.70. The number of hydrogen-bond donors (Lipinski definition) is 1. The molecule has 0 bridgehead atoms. The van der Waals surface area contributed by atoms with Gasteiger partial charge in [-0.05, 0) is 5.92 Å². The van der Waals surface area contributed by atoms with E-state index in [4.69, 9.17) is 15.7 Å². The van der Waals surface area contributed by atoms with Gasteiger partial charge in [-0.2, -0.15) is 15.3 Å². The zero-order chi connectivity index (χ0) is 22.4. The van der Waals surface area contributed by atoms with Crippen LogP contribution in [0.15, 0.2) is 18.6 Å². The molecule has 0 spiro atoms. The Morgan fingerprint density at radius 1 is 1.50 bits per heavy atom. The molecule has 2 aliphatic heterocycles. The van der Waals surface area contributed by atoms with Crippen LogP contribution in [0.5, 0.6) is 0 Å². The second-order valence-corrected chi connectivity index (χ2v) is 7.94. The normalized spacial score (nSPS) is 27.4. The molecule has 2 saturated heterocycles. The first-order valence-electron chi connectivity index (χ1n) is 10.3. The fourth-order valence-electron chi connectivity index (χ4n) is 4.11. The molecular formula is C18H21ClN8O. The van der Waals surface area contributed by atoms with Gasteiger partial charge in [0.15, 0.2) is 18.1 Å². The van der Waals surface area contributed by atoms with Crippen LogP contribution in [0, 0.1) is 22.7 Å². The highest BCUT2D eigenvalue weighted by Crippen LogP contribution is 2.44. The number of carbonyl (C=O) groups excluding carboxylic acids is 1. The molecule has 3 atom stereocenters. The van der Waals surface area contributed by atoms with Gasteiger partial charge in [-0.25, -0.2) is 4.98 Å². The molecule has 0 amide bonds. The summed E-state index contributed by atoms with van der Waals surface area (Å²) in [6, 6.07) is 1.33. The van der Waals surface area contributed by atoms with Gasteiger partial charge in [-0.3, -0.25) is 9.58 Å². The van der Waals surface area contributed by atoms with Crippen LogP contribution in [0.25, 0.3) is 0 Å². The van der Waals surface area contributed by atoms with E-state index in [0.717, 1.165) is 4.68 Å². The summed E-state index contributed by atoms with van der Waals surface area (Å²) in [5.41, 5.74) is 0.350. The molecule has 2 aromatic heterocycles. The summed E-state index contributed by atoms with van der Waals surface area (Å²) in [4.78, 5) is 23.9. The van der Waals surface area contributed by atoms with Crippen LogP contribution in [-0.4, -0.2) is 63.2 Å². The second-order valence-electron chi connectivity index (χ2n) is 7.53. The number of aromatic nitrogens is 4. The number of fused-ring (bicyclic) bond motifs is 1. The third-order valence-corrected chi connectivity index (χ3v) is 5.78. The van der Waals surface area contributed by atoms with Crippen LogP contribution in [-0.2, 0) is 11.8 Å². The van der Waals surface area contributed by atoms with Crippen LogP contribution in [0.3, 0.4) is 0 Å². The molecule has 4 heterocycles. The number of carbonyl (C=O) groups is 1. The summed E-state index contributed by atoms with van der Waals surface area (Å²) in [6.07, 6.45) is 4.94. The molecular weight excluding hydrogens is 380 g/mol. The van der Waals surface area contributed by atoms with E-state index in [0.29, 0.717) is 49.0 Å². The van der Waals surface area contributed by atoms with Gasteiger partial charge in [-0.15, -0.1) is 0 Å². The van der Waals surface area contributed by atoms with Crippen molar-refractivity contribution in [2.75, 3.05) is 36.4 Å². The molecule has 1 N–H and O–H groups in total. The Morgan fingerprint density at radius 3 is 3.04 bits per heavy atom. The lowest BCUT2D eigenvalue weighted by atomic mass is 9.83. The van der Waals surface area contributed by atoms with Crippen molar-refractivity contribution in [1.82, 2.24) is 24.6 Å². The van der Waals surface area contributed by atoms with E-state index >= 15 is 0 Å². The average Bonchev–Trinajstić information content (AvgIpc) is 3.36. The van der Waals surface area contributed by atoms with Gasteiger partial charge in [-0.1, -0.05) is 18.5 Å². The van der Waals surface area contributed by atoms with Crippen molar-refractivity contribution >= 4 is 35.3 Å². The Balaban J connectivity index is 1.50. The number of aldehydes is 1. The second kappa shape index (κ2) is 7.04. The number of likely N-dealkylation sites (tertiary alicyclic amines) is 1. The number of hydrogen-bond acceptors (Lipinski definition) is 8. The van der Waals surface area contributed by atoms with E-state index in [1.54, 1.807) is 0 Å². The monoisotopic (exact) mass is 403 g/mol. The van der Waals surface area contributed by atoms with Crippen LogP contribution < -0.4 is 10.2 Å². The van der Waals surface area contributed by atoms with E-state index < -0.39 is 13.0 Å². The Kier molecular flexibility index (Phi) is 3.83. The van der Waals surface area contributed by atoms with E-state index in [1.807, 2.05) is 11.0 Å². The van der Waals surface area contributed by atoms with E-state index in [2.05, 4.69) is 32.2 Å². The van der Waals surface area contributed by atoms with Gasteiger partial charge in [0.25, 0.3) is 0 Å². The fourth-order valence-corrected chi connectivity index (χ4v) is 4.32. The van der Waals surface area contributed by atoms with E-state index in [-0.39, 0.29) is 17.3 Å². The molecule has 9 nitrogen and oxygen atoms in total. The molecule has 4 rings (SSSR count). The Morgan fingerprint density at radius 2 is 2.36 bits per heavy atom. The number of nitriles is 1. The predicted octanol–water partition coefficient (Wildman–Crippen LogP) is 1.46. The van der Waals surface area contributed by atoms with Crippen molar-refractivity contribution in [3.8, 4) is 6.07 Å². The standard InChI is InChI=1S/C18H21ClN8O/c1-18-10-26(14(3-20)9-28)6-12(18)7-27(11-18)16-15(19)5-21-17(24-16)23-13-4-22-25(2)8-13/h4-5,8-9,12,14H,6-7,10-11H2,1-2H3,(H,21,23,24)/t12-,14?,18+/m1/s1/i2D3. The lowest BCUT2D eigenvalue weighted by molar-refractivity contribution is -0.110. The number of nitrogens with one attached hydrogen (secondary N) is 1. The fraction of sp³-hybridized carbons (Fsp3) is 0.500. The van der Waals surface area contributed by atoms with Gasteiger partial charge in [0, 0.05) is 48.9 Å². The quantitative estimate of drug-likeness (QED) is 0.748. The summed E-state index contributed by atoms with van der Waals surface area (Å²) >= 11 is 6.38. The molecule has 0 aromatic carbocycles. The minimum atomic E-state index is -2.36. The van der Waals surface area contributed by atoms with Gasteiger partial charge in [0.1, 0.15) is 5.02 Å². The van der Waals surface area contributed by atoms with E-state index in [9.17, 15) is 10.1 Å². The zero-order valence-electron chi connectivity index (χ0n) is 18.2. The molecule has 10 heteroatoms. The lowest BCUT2D eigenvalue weighted by Gasteiger charge is -2.27. The number of rotatable bonds is 5. The zero-order valence-corrected chi connectivity index (χ0v) is 16.0. The van der Waals surface area contributed by atoms with Crippen LogP contribution in [0.1, 0.15) is 11.0 Å². The number of anilines is 3. The van der Waals surface area contributed by atoms with Crippen molar-refractivity contribution in [1.29, 1.82) is 5.26 Å². The first kappa shape index (κ1) is 15.2. The largest absolute Gasteiger partial charge is 0.354 e. The third kappa shape index (κ3) is 3.30. The minimum absolute atomic E-state index is 0.0964. The molecule has 0 radical (unpaired) electrons. The highest BCUT2D eigenvalue weighted by Gasteiger charge is 2.51. The number of nitrogens with zero attached hydrogens (tertiary/aromatic N) is 7. The average molecular weight is 404 g/mol. The maximum absolute atomic E-state index is 11.2. The third-order valence-electron chi connectivity index (χ3n) is 5.52. The molecule has 1 unspecified atom stereocenters. The first-order chi connectivity index (χ1) is 14.6. The molecule has 0 saturated carbocycles. The molecule has 0 aliphatic carbocycles. The summed E-state index contributed by atoms with van der Waals surface area (Å²) in [5, 5.41) is 16.4. The first-order valence-corrected chi connectivity index (χ1v) is 9.19. The molecule has 146 valence electrons. The van der Waals surface area contributed by atoms with Crippen molar-refractivity contribution in [2.45, 2.75) is 13.0 Å². The SMILES string of the molecule is [2H]C([2H])([2H])n1cc(Nc2ncc(Cl)c(N3C[C@H]4CN(C(C#N)C=O)C[C@@]4(C)C3)n2)cn1. The van der Waals surface area contributed by atoms with Crippen LogP contribution in [0.4, 0.5) is 17.5 Å². The smallest absolute Gasteiger partial charge is 0.229 e. The van der Waals surface area contributed by atoms with Crippen molar-refractivity contribution in [3.63, 3.8) is 0 Å². The van der Waals surface area contributed by atoms with E-state index in [1.165, 1.54) is 18.6 Å². The molecule has 2 fully saturated rings.